The summed E-state index contributed by atoms with van der Waals surface area (Å²) < 4.78 is 0. The van der Waals surface area contributed by atoms with Crippen LogP contribution in [0.4, 0.5) is 5.82 Å². The average molecular weight is 280 g/mol. The molecule has 1 N–H and O–H groups in total. The van der Waals surface area contributed by atoms with Gasteiger partial charge >= 0.3 is 0 Å². The topological polar surface area (TPSA) is 48.1 Å². The van der Waals surface area contributed by atoms with Crippen LogP contribution in [0, 0.1) is 0 Å². The van der Waals surface area contributed by atoms with Crippen LogP contribution in [0.1, 0.15) is 12.8 Å². The summed E-state index contributed by atoms with van der Waals surface area (Å²) in [5.41, 5.74) is 1.61. The molecule has 0 amide bonds. The zero-order chi connectivity index (χ0) is 13.4. The molecule has 1 aliphatic heterocycles. The Balaban J connectivity index is 1.92. The molecule has 1 aliphatic rings. The number of anilines is 1. The SMILES string of the molecule is CN(C)C1CCCN(c2nc3nc[nH]c3cc2Cl)C1. The third-order valence-corrected chi connectivity index (χ3v) is 4.05. The molecule has 0 radical (unpaired) electrons. The first kappa shape index (κ1) is 12.7. The number of rotatable bonds is 2. The van der Waals surface area contributed by atoms with Crippen LogP contribution in [0.25, 0.3) is 11.2 Å². The van der Waals surface area contributed by atoms with E-state index in [0.29, 0.717) is 11.1 Å². The van der Waals surface area contributed by atoms with Crippen molar-refractivity contribution in [1.82, 2.24) is 19.9 Å². The van der Waals surface area contributed by atoms with E-state index < -0.39 is 0 Å². The molecule has 19 heavy (non-hydrogen) atoms. The molecule has 1 fully saturated rings. The first-order chi connectivity index (χ1) is 9.15. The molecule has 3 rings (SSSR count). The Hall–Kier alpha value is -1.33. The van der Waals surface area contributed by atoms with Gasteiger partial charge in [-0.2, -0.15) is 0 Å². The predicted molar refractivity (Wildman–Crippen MR) is 77.8 cm³/mol. The Kier molecular flexibility index (Phi) is 3.33. The van der Waals surface area contributed by atoms with E-state index in [1.54, 1.807) is 6.33 Å². The van der Waals surface area contributed by atoms with Gasteiger partial charge in [0.2, 0.25) is 0 Å². The van der Waals surface area contributed by atoms with Crippen molar-refractivity contribution in [3.63, 3.8) is 0 Å². The quantitative estimate of drug-likeness (QED) is 0.915. The number of H-pyrrole nitrogens is 1. The fourth-order valence-electron chi connectivity index (χ4n) is 2.63. The van der Waals surface area contributed by atoms with E-state index in [1.807, 2.05) is 6.07 Å². The Morgan fingerprint density at radius 3 is 3.11 bits per heavy atom. The summed E-state index contributed by atoms with van der Waals surface area (Å²) >= 11 is 6.36. The van der Waals surface area contributed by atoms with E-state index in [1.165, 1.54) is 12.8 Å². The highest BCUT2D eigenvalue weighted by atomic mass is 35.5. The van der Waals surface area contributed by atoms with Crippen molar-refractivity contribution in [2.24, 2.45) is 0 Å². The van der Waals surface area contributed by atoms with Gasteiger partial charge < -0.3 is 14.8 Å². The number of hydrogen-bond acceptors (Lipinski definition) is 4. The van der Waals surface area contributed by atoms with Crippen molar-refractivity contribution in [3.8, 4) is 0 Å². The van der Waals surface area contributed by atoms with Crippen LogP contribution in [0.5, 0.6) is 0 Å². The minimum absolute atomic E-state index is 0.557. The Morgan fingerprint density at radius 1 is 1.47 bits per heavy atom. The van der Waals surface area contributed by atoms with Gasteiger partial charge in [0.1, 0.15) is 5.82 Å². The molecule has 0 aromatic carbocycles. The van der Waals surface area contributed by atoms with Gasteiger partial charge in [-0.15, -0.1) is 0 Å². The summed E-state index contributed by atoms with van der Waals surface area (Å²) in [6.45, 7) is 1.97. The maximum Gasteiger partial charge on any atom is 0.179 e. The number of piperidine rings is 1. The fraction of sp³-hybridized carbons (Fsp3) is 0.538. The summed E-state index contributed by atoms with van der Waals surface area (Å²) in [6, 6.07) is 2.47. The number of nitrogens with zero attached hydrogens (tertiary/aromatic N) is 4. The Morgan fingerprint density at radius 2 is 2.32 bits per heavy atom. The average Bonchev–Trinajstić information content (AvgIpc) is 2.85. The number of pyridine rings is 1. The van der Waals surface area contributed by atoms with Gasteiger partial charge in [0.25, 0.3) is 0 Å². The molecule has 0 aliphatic carbocycles. The van der Waals surface area contributed by atoms with Crippen molar-refractivity contribution in [1.29, 1.82) is 0 Å². The second-order valence-electron chi connectivity index (χ2n) is 5.27. The van der Waals surface area contributed by atoms with Gasteiger partial charge in [0.05, 0.1) is 16.9 Å². The summed E-state index contributed by atoms with van der Waals surface area (Å²) in [6.07, 6.45) is 4.04. The molecule has 1 atom stereocenters. The third kappa shape index (κ3) is 2.40. The van der Waals surface area contributed by atoms with Crippen molar-refractivity contribution in [3.05, 3.63) is 17.4 Å². The predicted octanol–water partition coefficient (Wildman–Crippen LogP) is 2.14. The van der Waals surface area contributed by atoms with Crippen molar-refractivity contribution in [2.75, 3.05) is 32.1 Å². The largest absolute Gasteiger partial charge is 0.354 e. The molecule has 3 heterocycles. The third-order valence-electron chi connectivity index (χ3n) is 3.77. The number of fused-ring (bicyclic) bond motifs is 1. The summed E-state index contributed by atoms with van der Waals surface area (Å²) in [7, 11) is 4.25. The number of nitrogens with one attached hydrogen (secondary N) is 1. The lowest BCUT2D eigenvalue weighted by molar-refractivity contribution is 0.257. The van der Waals surface area contributed by atoms with Crippen LogP contribution in [0.2, 0.25) is 5.02 Å². The second kappa shape index (κ2) is 4.98. The first-order valence-electron chi connectivity index (χ1n) is 6.56. The number of aromatic nitrogens is 3. The normalized spacial score (nSPS) is 20.4. The molecule has 2 aromatic heterocycles. The highest BCUT2D eigenvalue weighted by Crippen LogP contribution is 2.29. The van der Waals surface area contributed by atoms with Crippen LogP contribution in [-0.4, -0.2) is 53.1 Å². The van der Waals surface area contributed by atoms with Crippen molar-refractivity contribution in [2.45, 2.75) is 18.9 Å². The zero-order valence-corrected chi connectivity index (χ0v) is 12.0. The van der Waals surface area contributed by atoms with Crippen molar-refractivity contribution < 1.29 is 0 Å². The van der Waals surface area contributed by atoms with Crippen LogP contribution in [-0.2, 0) is 0 Å². The van der Waals surface area contributed by atoms with Crippen LogP contribution in [0.15, 0.2) is 12.4 Å². The monoisotopic (exact) mass is 279 g/mol. The van der Waals surface area contributed by atoms with E-state index >= 15 is 0 Å². The van der Waals surface area contributed by atoms with Crippen LogP contribution >= 0.6 is 11.6 Å². The molecule has 102 valence electrons. The molecule has 1 unspecified atom stereocenters. The first-order valence-corrected chi connectivity index (χ1v) is 6.94. The number of likely N-dealkylation sites (N-methyl/N-ethyl adjacent to an activating group) is 1. The van der Waals surface area contributed by atoms with Crippen LogP contribution < -0.4 is 4.90 Å². The maximum absolute atomic E-state index is 6.36. The number of halogens is 1. The molecule has 0 saturated carbocycles. The van der Waals surface area contributed by atoms with Crippen molar-refractivity contribution >= 4 is 28.6 Å². The molecular weight excluding hydrogens is 262 g/mol. The minimum atomic E-state index is 0.557. The molecule has 6 heteroatoms. The van der Waals surface area contributed by atoms with E-state index in [9.17, 15) is 0 Å². The molecule has 1 saturated heterocycles. The Labute approximate surface area is 117 Å². The summed E-state index contributed by atoms with van der Waals surface area (Å²) in [5.74, 6) is 0.854. The second-order valence-corrected chi connectivity index (χ2v) is 5.68. The lowest BCUT2D eigenvalue weighted by Gasteiger charge is -2.37. The highest BCUT2D eigenvalue weighted by molar-refractivity contribution is 6.33. The highest BCUT2D eigenvalue weighted by Gasteiger charge is 2.24. The standard InChI is InChI=1S/C13H18ClN5/c1-18(2)9-4-3-5-19(7-9)13-10(14)6-11-12(17-13)16-8-15-11/h6,8-9H,3-5,7H2,1-2H3,(H,15,16,17). The van der Waals surface area contributed by atoms with E-state index in [0.717, 1.165) is 30.1 Å². The lowest BCUT2D eigenvalue weighted by Crippen LogP contribution is -2.45. The van der Waals surface area contributed by atoms with E-state index in [4.69, 9.17) is 11.6 Å². The molecule has 5 nitrogen and oxygen atoms in total. The molecule has 0 bridgehead atoms. The van der Waals surface area contributed by atoms with Gasteiger partial charge in [0.15, 0.2) is 5.65 Å². The maximum atomic E-state index is 6.36. The van der Waals surface area contributed by atoms with Gasteiger partial charge in [-0.1, -0.05) is 11.6 Å². The summed E-state index contributed by atoms with van der Waals surface area (Å²) in [5, 5.41) is 0.691. The summed E-state index contributed by atoms with van der Waals surface area (Å²) in [4.78, 5) is 16.4. The van der Waals surface area contributed by atoms with Crippen LogP contribution in [0.3, 0.4) is 0 Å². The smallest absolute Gasteiger partial charge is 0.179 e. The number of aromatic amines is 1. The van der Waals surface area contributed by atoms with Gasteiger partial charge in [-0.25, -0.2) is 9.97 Å². The van der Waals surface area contributed by atoms with Gasteiger partial charge in [-0.3, -0.25) is 0 Å². The molecular formula is C13H18ClN5. The van der Waals surface area contributed by atoms with Gasteiger partial charge in [-0.05, 0) is 33.0 Å². The number of imidazole rings is 1. The molecule has 0 spiro atoms. The van der Waals surface area contributed by atoms with E-state index in [-0.39, 0.29) is 0 Å². The number of hydrogen-bond donors (Lipinski definition) is 1. The van der Waals surface area contributed by atoms with E-state index in [2.05, 4.69) is 38.8 Å². The zero-order valence-electron chi connectivity index (χ0n) is 11.2. The lowest BCUT2D eigenvalue weighted by atomic mass is 10.1. The fourth-order valence-corrected chi connectivity index (χ4v) is 2.90. The Bertz CT molecular complexity index is 579. The minimum Gasteiger partial charge on any atom is -0.354 e. The van der Waals surface area contributed by atoms with Gasteiger partial charge in [0, 0.05) is 19.1 Å². The molecule has 2 aromatic rings.